The van der Waals surface area contributed by atoms with E-state index in [4.69, 9.17) is 10.5 Å². The predicted molar refractivity (Wildman–Crippen MR) is 75.6 cm³/mol. The van der Waals surface area contributed by atoms with E-state index in [1.807, 2.05) is 6.92 Å². The van der Waals surface area contributed by atoms with E-state index < -0.39 is 5.82 Å². The highest BCUT2D eigenvalue weighted by atomic mass is 79.9. The highest BCUT2D eigenvalue weighted by molar-refractivity contribution is 9.10. The first-order valence-corrected chi connectivity index (χ1v) is 6.74. The maximum absolute atomic E-state index is 13.5. The second-order valence-electron chi connectivity index (χ2n) is 4.11. The summed E-state index contributed by atoms with van der Waals surface area (Å²) in [5.74, 6) is 0.213. The number of nitrogens with two attached hydrogens (primary N) is 1. The Morgan fingerprint density at radius 1 is 1.37 bits per heavy atom. The fourth-order valence-electron chi connectivity index (χ4n) is 1.56. The molecule has 1 aromatic heterocycles. The Labute approximate surface area is 119 Å². The van der Waals surface area contributed by atoms with E-state index in [-0.39, 0.29) is 11.8 Å². The second kappa shape index (κ2) is 6.12. The van der Waals surface area contributed by atoms with Gasteiger partial charge < -0.3 is 10.5 Å². The average molecular weight is 325 g/mol. The Morgan fingerprint density at radius 2 is 2.16 bits per heavy atom. The summed E-state index contributed by atoms with van der Waals surface area (Å²) in [6, 6.07) is 7.97. The smallest absolute Gasteiger partial charge is 0.165 e. The van der Waals surface area contributed by atoms with Crippen molar-refractivity contribution in [3.05, 3.63) is 52.5 Å². The highest BCUT2D eigenvalue weighted by Crippen LogP contribution is 2.27. The summed E-state index contributed by atoms with van der Waals surface area (Å²) in [6.07, 6.45) is 2.36. The molecule has 0 radical (unpaired) electrons. The molecule has 3 nitrogen and oxygen atoms in total. The van der Waals surface area contributed by atoms with Crippen molar-refractivity contribution in [1.82, 2.24) is 4.98 Å². The van der Waals surface area contributed by atoms with Crippen molar-refractivity contribution in [2.45, 2.75) is 19.4 Å². The quantitative estimate of drug-likeness (QED) is 0.917. The lowest BCUT2D eigenvalue weighted by atomic mass is 10.1. The van der Waals surface area contributed by atoms with Gasteiger partial charge in [-0.25, -0.2) is 4.39 Å². The summed E-state index contributed by atoms with van der Waals surface area (Å²) in [6.45, 7) is 1.99. The van der Waals surface area contributed by atoms with Crippen LogP contribution in [0.1, 0.15) is 25.1 Å². The third kappa shape index (κ3) is 3.52. The minimum atomic E-state index is -0.419. The van der Waals surface area contributed by atoms with Crippen LogP contribution in [0.5, 0.6) is 11.5 Å². The van der Waals surface area contributed by atoms with Crippen LogP contribution in [0, 0.1) is 5.82 Å². The van der Waals surface area contributed by atoms with Gasteiger partial charge >= 0.3 is 0 Å². The van der Waals surface area contributed by atoms with Gasteiger partial charge in [-0.15, -0.1) is 0 Å². The molecule has 2 rings (SSSR count). The lowest BCUT2D eigenvalue weighted by molar-refractivity contribution is 0.439. The Hall–Kier alpha value is -1.46. The van der Waals surface area contributed by atoms with Crippen molar-refractivity contribution in [3.63, 3.8) is 0 Å². The van der Waals surface area contributed by atoms with Crippen molar-refractivity contribution in [3.8, 4) is 11.5 Å². The number of pyridine rings is 1. The molecule has 100 valence electrons. The molecule has 0 unspecified atom stereocenters. The molecule has 0 spiro atoms. The maximum atomic E-state index is 13.5. The van der Waals surface area contributed by atoms with Gasteiger partial charge in [-0.05, 0) is 36.8 Å². The average Bonchev–Trinajstić information content (AvgIpc) is 2.43. The van der Waals surface area contributed by atoms with Crippen molar-refractivity contribution in [2.75, 3.05) is 0 Å². The number of rotatable bonds is 4. The Kier molecular flexibility index (Phi) is 4.50. The predicted octanol–water partition coefficient (Wildman–Crippen LogP) is 4.19. The van der Waals surface area contributed by atoms with Gasteiger partial charge in [0.15, 0.2) is 11.6 Å². The SMILES string of the molecule is CC[C@H](N)c1ccc(Oc2cc(Br)ccc2F)cn1. The van der Waals surface area contributed by atoms with E-state index in [2.05, 4.69) is 20.9 Å². The van der Waals surface area contributed by atoms with Crippen LogP contribution in [0.4, 0.5) is 4.39 Å². The standard InChI is InChI=1S/C14H14BrFN2O/c1-2-12(17)13-6-4-10(8-18-13)19-14-7-9(15)3-5-11(14)16/h3-8,12H,2,17H2,1H3/t12-/m0/s1. The Morgan fingerprint density at radius 3 is 2.79 bits per heavy atom. The van der Waals surface area contributed by atoms with Gasteiger partial charge in [-0.1, -0.05) is 22.9 Å². The zero-order valence-corrected chi connectivity index (χ0v) is 12.0. The van der Waals surface area contributed by atoms with Crippen molar-refractivity contribution < 1.29 is 9.13 Å². The van der Waals surface area contributed by atoms with Gasteiger partial charge in [0.1, 0.15) is 5.75 Å². The minimum Gasteiger partial charge on any atom is -0.453 e. The van der Waals surface area contributed by atoms with Crippen LogP contribution in [0.3, 0.4) is 0 Å². The summed E-state index contributed by atoms with van der Waals surface area (Å²) in [5, 5.41) is 0. The van der Waals surface area contributed by atoms with E-state index in [1.54, 1.807) is 30.5 Å². The molecule has 2 aromatic rings. The molecule has 0 aliphatic heterocycles. The summed E-state index contributed by atoms with van der Waals surface area (Å²) in [7, 11) is 0. The number of nitrogens with zero attached hydrogens (tertiary/aromatic N) is 1. The largest absolute Gasteiger partial charge is 0.453 e. The van der Waals surface area contributed by atoms with Crippen LogP contribution >= 0.6 is 15.9 Å². The molecule has 5 heteroatoms. The summed E-state index contributed by atoms with van der Waals surface area (Å²) in [5.41, 5.74) is 6.67. The molecule has 0 aliphatic carbocycles. The fraction of sp³-hybridized carbons (Fsp3) is 0.214. The monoisotopic (exact) mass is 324 g/mol. The molecule has 0 aliphatic rings. The molecule has 2 N–H and O–H groups in total. The van der Waals surface area contributed by atoms with Gasteiger partial charge in [0.2, 0.25) is 0 Å². The van der Waals surface area contributed by atoms with Crippen LogP contribution in [0.25, 0.3) is 0 Å². The first-order valence-electron chi connectivity index (χ1n) is 5.94. The summed E-state index contributed by atoms with van der Waals surface area (Å²) < 4.78 is 19.7. The van der Waals surface area contributed by atoms with Gasteiger partial charge in [0.25, 0.3) is 0 Å². The number of hydrogen-bond acceptors (Lipinski definition) is 3. The Bertz CT molecular complexity index is 560. The third-order valence-corrected chi connectivity index (χ3v) is 3.19. The zero-order valence-electron chi connectivity index (χ0n) is 10.4. The summed E-state index contributed by atoms with van der Waals surface area (Å²) >= 11 is 3.27. The first kappa shape index (κ1) is 14.0. The van der Waals surface area contributed by atoms with Gasteiger partial charge in [0.05, 0.1) is 11.9 Å². The lowest BCUT2D eigenvalue weighted by Gasteiger charge is -2.10. The van der Waals surface area contributed by atoms with Crippen molar-refractivity contribution in [2.24, 2.45) is 5.73 Å². The molecule has 0 fully saturated rings. The van der Waals surface area contributed by atoms with Gasteiger partial charge in [-0.2, -0.15) is 0 Å². The number of aromatic nitrogens is 1. The van der Waals surface area contributed by atoms with E-state index >= 15 is 0 Å². The molecule has 0 saturated carbocycles. The molecule has 0 amide bonds. The third-order valence-electron chi connectivity index (χ3n) is 2.70. The van der Waals surface area contributed by atoms with Crippen LogP contribution in [-0.2, 0) is 0 Å². The van der Waals surface area contributed by atoms with Crippen molar-refractivity contribution in [1.29, 1.82) is 0 Å². The van der Waals surface area contributed by atoms with Crippen LogP contribution in [-0.4, -0.2) is 4.98 Å². The van der Waals surface area contributed by atoms with E-state index in [0.29, 0.717) is 5.75 Å². The van der Waals surface area contributed by atoms with Gasteiger partial charge in [-0.3, -0.25) is 4.98 Å². The van der Waals surface area contributed by atoms with Crippen molar-refractivity contribution >= 4 is 15.9 Å². The number of benzene rings is 1. The number of hydrogen-bond donors (Lipinski definition) is 1. The normalized spacial score (nSPS) is 12.2. The molecule has 1 atom stereocenters. The second-order valence-corrected chi connectivity index (χ2v) is 5.03. The summed E-state index contributed by atoms with van der Waals surface area (Å²) in [4.78, 5) is 4.21. The lowest BCUT2D eigenvalue weighted by Crippen LogP contribution is -2.10. The molecule has 0 saturated heterocycles. The number of halogens is 2. The molecular formula is C14H14BrFN2O. The molecule has 1 aromatic carbocycles. The molecule has 0 bridgehead atoms. The van der Waals surface area contributed by atoms with E-state index in [0.717, 1.165) is 16.6 Å². The minimum absolute atomic E-state index is 0.0864. The number of ether oxygens (including phenoxy) is 1. The van der Waals surface area contributed by atoms with E-state index in [1.165, 1.54) is 6.07 Å². The molecule has 19 heavy (non-hydrogen) atoms. The van der Waals surface area contributed by atoms with Crippen LogP contribution < -0.4 is 10.5 Å². The molecular weight excluding hydrogens is 311 g/mol. The maximum Gasteiger partial charge on any atom is 0.165 e. The Balaban J connectivity index is 2.17. The highest BCUT2D eigenvalue weighted by Gasteiger charge is 2.08. The van der Waals surface area contributed by atoms with Crippen LogP contribution in [0.2, 0.25) is 0 Å². The first-order chi connectivity index (χ1) is 9.10. The fourth-order valence-corrected chi connectivity index (χ4v) is 1.90. The van der Waals surface area contributed by atoms with Crippen LogP contribution in [0.15, 0.2) is 41.0 Å². The topological polar surface area (TPSA) is 48.1 Å². The van der Waals surface area contributed by atoms with Gasteiger partial charge in [0, 0.05) is 10.5 Å². The van der Waals surface area contributed by atoms with E-state index in [9.17, 15) is 4.39 Å². The molecule has 1 heterocycles. The zero-order chi connectivity index (χ0) is 13.8.